The Morgan fingerprint density at radius 3 is 2.94 bits per heavy atom. The minimum atomic E-state index is -2.68. The van der Waals surface area contributed by atoms with Crippen molar-refractivity contribution in [3.63, 3.8) is 0 Å². The molecule has 0 aromatic heterocycles. The Hall–Kier alpha value is -0.710. The Kier molecular flexibility index (Phi) is 3.42. The summed E-state index contributed by atoms with van der Waals surface area (Å²) in [6.45, 7) is 1.89. The van der Waals surface area contributed by atoms with E-state index in [1.165, 1.54) is 4.90 Å². The summed E-state index contributed by atoms with van der Waals surface area (Å²) in [6.07, 6.45) is 1.74. The topological polar surface area (TPSA) is 32.3 Å². The molecule has 2 aliphatic rings. The van der Waals surface area contributed by atoms with Crippen LogP contribution in [-0.2, 0) is 4.79 Å². The van der Waals surface area contributed by atoms with Crippen LogP contribution in [0.15, 0.2) is 0 Å². The van der Waals surface area contributed by atoms with E-state index in [4.69, 9.17) is 0 Å². The van der Waals surface area contributed by atoms with Crippen molar-refractivity contribution in [1.82, 2.24) is 10.2 Å². The summed E-state index contributed by atoms with van der Waals surface area (Å²) in [5.41, 5.74) is 0. The molecule has 2 aliphatic heterocycles. The van der Waals surface area contributed by atoms with Crippen molar-refractivity contribution < 1.29 is 13.6 Å². The minimum Gasteiger partial charge on any atom is -0.337 e. The lowest BCUT2D eigenvalue weighted by molar-refractivity contribution is -0.142. The molecular formula is C11H18F2N2O. The number of halogens is 2. The van der Waals surface area contributed by atoms with E-state index < -0.39 is 5.92 Å². The second-order valence-electron chi connectivity index (χ2n) is 4.84. The van der Waals surface area contributed by atoms with E-state index in [0.717, 1.165) is 19.5 Å². The fourth-order valence-corrected chi connectivity index (χ4v) is 2.44. The first-order chi connectivity index (χ1) is 7.57. The van der Waals surface area contributed by atoms with Gasteiger partial charge in [-0.25, -0.2) is 8.78 Å². The van der Waals surface area contributed by atoms with E-state index in [1.807, 2.05) is 0 Å². The molecule has 5 heteroatoms. The van der Waals surface area contributed by atoms with Crippen LogP contribution in [0, 0.1) is 5.92 Å². The number of carbonyl (C=O) groups is 1. The molecular weight excluding hydrogens is 214 g/mol. The molecule has 1 atom stereocenters. The quantitative estimate of drug-likeness (QED) is 0.777. The molecule has 0 aliphatic carbocycles. The van der Waals surface area contributed by atoms with Crippen LogP contribution in [-0.4, -0.2) is 42.9 Å². The van der Waals surface area contributed by atoms with Crippen LogP contribution in [0.5, 0.6) is 0 Å². The molecule has 3 nitrogen and oxygen atoms in total. The van der Waals surface area contributed by atoms with Gasteiger partial charge < -0.3 is 10.2 Å². The normalized spacial score (nSPS) is 29.4. The summed E-state index contributed by atoms with van der Waals surface area (Å²) in [5.74, 6) is -2.45. The standard InChI is InChI=1S/C11H18F2N2O/c12-11(13)3-1-5-15(8-11)10(16)6-9-2-4-14-7-9/h9,14H,1-8H2. The van der Waals surface area contributed by atoms with Crippen LogP contribution in [0.25, 0.3) is 0 Å². The number of nitrogens with one attached hydrogen (secondary N) is 1. The van der Waals surface area contributed by atoms with Crippen LogP contribution >= 0.6 is 0 Å². The van der Waals surface area contributed by atoms with Gasteiger partial charge in [0.1, 0.15) is 0 Å². The lowest BCUT2D eigenvalue weighted by Crippen LogP contribution is -2.46. The van der Waals surface area contributed by atoms with Gasteiger partial charge in [0.2, 0.25) is 5.91 Å². The molecule has 1 amide bonds. The van der Waals surface area contributed by atoms with Gasteiger partial charge in [-0.1, -0.05) is 0 Å². The molecule has 0 saturated carbocycles. The molecule has 2 rings (SSSR count). The van der Waals surface area contributed by atoms with E-state index >= 15 is 0 Å². The Bertz CT molecular complexity index is 265. The van der Waals surface area contributed by atoms with Gasteiger partial charge in [0.15, 0.2) is 0 Å². The van der Waals surface area contributed by atoms with Crippen LogP contribution in [0.4, 0.5) is 8.78 Å². The van der Waals surface area contributed by atoms with Crippen LogP contribution in [0.1, 0.15) is 25.7 Å². The number of amides is 1. The first-order valence-corrected chi connectivity index (χ1v) is 5.93. The van der Waals surface area contributed by atoms with Gasteiger partial charge in [-0.15, -0.1) is 0 Å². The zero-order valence-electron chi connectivity index (χ0n) is 9.35. The van der Waals surface area contributed by atoms with Crippen LogP contribution in [0.2, 0.25) is 0 Å². The molecule has 2 saturated heterocycles. The van der Waals surface area contributed by atoms with E-state index in [-0.39, 0.29) is 18.9 Å². The summed E-state index contributed by atoms with van der Waals surface area (Å²) in [7, 11) is 0. The molecule has 1 unspecified atom stereocenters. The maximum absolute atomic E-state index is 13.1. The highest BCUT2D eigenvalue weighted by atomic mass is 19.3. The average molecular weight is 232 g/mol. The minimum absolute atomic E-state index is 0.0816. The molecule has 2 heterocycles. The lowest BCUT2D eigenvalue weighted by atomic mass is 10.0. The highest BCUT2D eigenvalue weighted by Crippen LogP contribution is 2.27. The number of carbonyl (C=O) groups excluding carboxylic acids is 1. The number of piperidine rings is 1. The van der Waals surface area contributed by atoms with Gasteiger partial charge >= 0.3 is 0 Å². The SMILES string of the molecule is O=C(CC1CCNC1)N1CCCC(F)(F)C1. The first-order valence-electron chi connectivity index (χ1n) is 5.93. The summed E-state index contributed by atoms with van der Waals surface area (Å²) >= 11 is 0. The number of hydrogen-bond acceptors (Lipinski definition) is 2. The molecule has 1 N–H and O–H groups in total. The van der Waals surface area contributed by atoms with Gasteiger partial charge in [0, 0.05) is 19.4 Å². The average Bonchev–Trinajstić information content (AvgIpc) is 2.69. The third-order valence-corrected chi connectivity index (χ3v) is 3.37. The van der Waals surface area contributed by atoms with Crippen molar-refractivity contribution in [2.45, 2.75) is 31.6 Å². The Morgan fingerprint density at radius 1 is 1.50 bits per heavy atom. The van der Waals surface area contributed by atoms with Crippen molar-refractivity contribution in [3.8, 4) is 0 Å². The number of nitrogens with zero attached hydrogens (tertiary/aromatic N) is 1. The summed E-state index contributed by atoms with van der Waals surface area (Å²) in [5, 5.41) is 3.18. The van der Waals surface area contributed by atoms with Crippen LogP contribution < -0.4 is 5.32 Å². The van der Waals surface area contributed by atoms with E-state index in [2.05, 4.69) is 5.32 Å². The van der Waals surface area contributed by atoms with Crippen LogP contribution in [0.3, 0.4) is 0 Å². The number of likely N-dealkylation sites (tertiary alicyclic amines) is 1. The second kappa shape index (κ2) is 4.65. The van der Waals surface area contributed by atoms with Crippen molar-refractivity contribution in [2.75, 3.05) is 26.2 Å². The zero-order valence-corrected chi connectivity index (χ0v) is 9.35. The number of hydrogen-bond donors (Lipinski definition) is 1. The molecule has 0 bridgehead atoms. The molecule has 16 heavy (non-hydrogen) atoms. The predicted octanol–water partition coefficient (Wildman–Crippen LogP) is 1.24. The highest BCUT2D eigenvalue weighted by molar-refractivity contribution is 5.76. The summed E-state index contributed by atoms with van der Waals surface area (Å²) in [6, 6.07) is 0. The molecule has 2 fully saturated rings. The van der Waals surface area contributed by atoms with Crippen molar-refractivity contribution >= 4 is 5.91 Å². The van der Waals surface area contributed by atoms with Crippen molar-refractivity contribution in [3.05, 3.63) is 0 Å². The fourth-order valence-electron chi connectivity index (χ4n) is 2.44. The van der Waals surface area contributed by atoms with Crippen molar-refractivity contribution in [2.24, 2.45) is 5.92 Å². The Balaban J connectivity index is 1.84. The molecule has 92 valence electrons. The van der Waals surface area contributed by atoms with Gasteiger partial charge in [0.05, 0.1) is 6.54 Å². The van der Waals surface area contributed by atoms with Gasteiger partial charge in [-0.2, -0.15) is 0 Å². The van der Waals surface area contributed by atoms with Gasteiger partial charge in [-0.3, -0.25) is 4.79 Å². The Labute approximate surface area is 94.2 Å². The molecule has 0 spiro atoms. The van der Waals surface area contributed by atoms with Gasteiger partial charge in [0.25, 0.3) is 5.92 Å². The fraction of sp³-hybridized carbons (Fsp3) is 0.909. The molecule has 0 radical (unpaired) electrons. The highest BCUT2D eigenvalue weighted by Gasteiger charge is 2.37. The molecule has 0 aromatic carbocycles. The monoisotopic (exact) mass is 232 g/mol. The summed E-state index contributed by atoms with van der Waals surface area (Å²) in [4.78, 5) is 13.1. The number of alkyl halides is 2. The zero-order chi connectivity index (χ0) is 11.6. The largest absolute Gasteiger partial charge is 0.337 e. The van der Waals surface area contributed by atoms with E-state index in [9.17, 15) is 13.6 Å². The van der Waals surface area contributed by atoms with Crippen molar-refractivity contribution in [1.29, 1.82) is 0 Å². The second-order valence-corrected chi connectivity index (χ2v) is 4.84. The number of rotatable bonds is 2. The first kappa shape index (κ1) is 11.8. The third-order valence-electron chi connectivity index (χ3n) is 3.37. The third kappa shape index (κ3) is 2.90. The maximum Gasteiger partial charge on any atom is 0.265 e. The van der Waals surface area contributed by atoms with E-state index in [0.29, 0.717) is 25.3 Å². The molecule has 0 aromatic rings. The predicted molar refractivity (Wildman–Crippen MR) is 56.4 cm³/mol. The van der Waals surface area contributed by atoms with Gasteiger partial charge in [-0.05, 0) is 31.8 Å². The smallest absolute Gasteiger partial charge is 0.265 e. The lowest BCUT2D eigenvalue weighted by Gasteiger charge is -2.33. The maximum atomic E-state index is 13.1. The Morgan fingerprint density at radius 2 is 2.31 bits per heavy atom. The summed E-state index contributed by atoms with van der Waals surface area (Å²) < 4.78 is 26.2. The van der Waals surface area contributed by atoms with E-state index in [1.54, 1.807) is 0 Å².